The maximum Gasteiger partial charge on any atom is 0.265 e. The molecule has 0 aliphatic heterocycles. The summed E-state index contributed by atoms with van der Waals surface area (Å²) in [6.45, 7) is 2.17. The number of alkyl halides is 2. The number of rotatable bonds is 3. The second kappa shape index (κ2) is 4.30. The molecule has 0 spiro atoms. The van der Waals surface area contributed by atoms with Crippen molar-refractivity contribution in [2.45, 2.75) is 20.2 Å². The van der Waals surface area contributed by atoms with Crippen molar-refractivity contribution in [3.05, 3.63) is 11.8 Å². The van der Waals surface area contributed by atoms with Crippen LogP contribution in [0.1, 0.15) is 13.8 Å². The van der Waals surface area contributed by atoms with E-state index in [2.05, 4.69) is 4.74 Å². The minimum atomic E-state index is -1.80. The number of hydrogen-bond donors (Lipinski definition) is 0. The molecule has 1 unspecified atom stereocenters. The van der Waals surface area contributed by atoms with Gasteiger partial charge in [0.25, 0.3) is 6.36 Å². The Bertz CT molecular complexity index is 101. The van der Waals surface area contributed by atoms with E-state index < -0.39 is 13.0 Å². The highest BCUT2D eigenvalue weighted by atomic mass is 19.2. The Morgan fingerprint density at radius 3 is 2.67 bits per heavy atom. The third-order valence-electron chi connectivity index (χ3n) is 0.842. The summed E-state index contributed by atoms with van der Waals surface area (Å²) in [7, 11) is 0. The first-order valence-electron chi connectivity index (χ1n) is 2.70. The fourth-order valence-electron chi connectivity index (χ4n) is 0.301. The molecule has 0 radical (unpaired) electrons. The molecule has 0 saturated carbocycles. The summed E-state index contributed by atoms with van der Waals surface area (Å²) in [5, 5.41) is 0. The van der Waals surface area contributed by atoms with Crippen LogP contribution < -0.4 is 0 Å². The van der Waals surface area contributed by atoms with E-state index in [1.54, 1.807) is 19.9 Å². The van der Waals surface area contributed by atoms with Crippen LogP contribution in [0, 0.1) is 0 Å². The molecule has 0 aromatic carbocycles. The third kappa shape index (κ3) is 3.94. The van der Waals surface area contributed by atoms with E-state index in [0.29, 0.717) is 5.76 Å². The molecular formula is C6H10F2O. The van der Waals surface area contributed by atoms with Gasteiger partial charge in [-0.05, 0) is 19.9 Å². The van der Waals surface area contributed by atoms with Gasteiger partial charge in [0.05, 0.1) is 5.76 Å². The lowest BCUT2D eigenvalue weighted by Crippen LogP contribution is -2.06. The van der Waals surface area contributed by atoms with Gasteiger partial charge in [0.2, 0.25) is 0 Å². The highest BCUT2D eigenvalue weighted by Crippen LogP contribution is 2.02. The van der Waals surface area contributed by atoms with Crippen LogP contribution in [0.3, 0.4) is 0 Å². The average Bonchev–Trinajstić information content (AvgIpc) is 1.87. The lowest BCUT2D eigenvalue weighted by atomic mass is 10.5. The standard InChI is InChI=1S/C6H10F2O/c1-3-5(2)9-6(8)4-7/h3,6H,4H2,1-2H3/b5-3+. The molecule has 0 heterocycles. The molecule has 54 valence electrons. The van der Waals surface area contributed by atoms with E-state index in [9.17, 15) is 8.78 Å². The molecule has 0 aromatic heterocycles. The molecule has 0 fully saturated rings. The van der Waals surface area contributed by atoms with E-state index in [1.807, 2.05) is 0 Å². The molecule has 0 N–H and O–H groups in total. The van der Waals surface area contributed by atoms with Crippen LogP contribution in [0.4, 0.5) is 8.78 Å². The summed E-state index contributed by atoms with van der Waals surface area (Å²) in [6.07, 6.45) is -0.233. The molecular weight excluding hydrogens is 126 g/mol. The van der Waals surface area contributed by atoms with Crippen LogP contribution in [0.5, 0.6) is 0 Å². The first-order valence-corrected chi connectivity index (χ1v) is 2.70. The Labute approximate surface area is 53.3 Å². The molecule has 0 aliphatic rings. The quantitative estimate of drug-likeness (QED) is 0.540. The summed E-state index contributed by atoms with van der Waals surface area (Å²) in [6, 6.07) is 0. The number of hydrogen-bond acceptors (Lipinski definition) is 1. The third-order valence-corrected chi connectivity index (χ3v) is 0.842. The van der Waals surface area contributed by atoms with Gasteiger partial charge in [0.15, 0.2) is 6.67 Å². The van der Waals surface area contributed by atoms with Crippen molar-refractivity contribution in [1.29, 1.82) is 0 Å². The fourth-order valence-corrected chi connectivity index (χ4v) is 0.301. The summed E-state index contributed by atoms with van der Waals surface area (Å²) >= 11 is 0. The molecule has 0 amide bonds. The Hall–Kier alpha value is -0.600. The van der Waals surface area contributed by atoms with Crippen molar-refractivity contribution in [3.63, 3.8) is 0 Å². The minimum absolute atomic E-state index is 0.403. The number of allylic oxidation sites excluding steroid dienone is 2. The molecule has 0 aromatic rings. The maximum absolute atomic E-state index is 11.9. The topological polar surface area (TPSA) is 9.23 Å². The largest absolute Gasteiger partial charge is 0.463 e. The van der Waals surface area contributed by atoms with Crippen LogP contribution in [-0.4, -0.2) is 13.0 Å². The van der Waals surface area contributed by atoms with E-state index >= 15 is 0 Å². The van der Waals surface area contributed by atoms with Gasteiger partial charge in [-0.3, -0.25) is 0 Å². The zero-order valence-corrected chi connectivity index (χ0v) is 5.53. The minimum Gasteiger partial charge on any atom is -0.463 e. The normalized spacial score (nSPS) is 15.3. The van der Waals surface area contributed by atoms with Crippen molar-refractivity contribution in [3.8, 4) is 0 Å². The van der Waals surface area contributed by atoms with Gasteiger partial charge in [-0.2, -0.15) is 4.39 Å². The maximum atomic E-state index is 11.9. The Kier molecular flexibility index (Phi) is 4.01. The second-order valence-corrected chi connectivity index (χ2v) is 1.58. The zero-order valence-electron chi connectivity index (χ0n) is 5.53. The van der Waals surface area contributed by atoms with Crippen LogP contribution in [-0.2, 0) is 4.74 Å². The summed E-state index contributed by atoms with van der Waals surface area (Å²) in [4.78, 5) is 0. The Balaban J connectivity index is 3.47. The smallest absolute Gasteiger partial charge is 0.265 e. The lowest BCUT2D eigenvalue weighted by molar-refractivity contribution is -0.0110. The Morgan fingerprint density at radius 2 is 2.33 bits per heavy atom. The SMILES string of the molecule is C/C=C(\C)OC(F)CF. The van der Waals surface area contributed by atoms with Crippen LogP contribution in [0.25, 0.3) is 0 Å². The van der Waals surface area contributed by atoms with Gasteiger partial charge in [0.1, 0.15) is 0 Å². The van der Waals surface area contributed by atoms with E-state index in [-0.39, 0.29) is 0 Å². The molecule has 0 bridgehead atoms. The fraction of sp³-hybridized carbons (Fsp3) is 0.667. The molecule has 0 rings (SSSR count). The summed E-state index contributed by atoms with van der Waals surface area (Å²) in [5.41, 5.74) is 0. The van der Waals surface area contributed by atoms with Gasteiger partial charge >= 0.3 is 0 Å². The van der Waals surface area contributed by atoms with Gasteiger partial charge in [-0.25, -0.2) is 4.39 Å². The van der Waals surface area contributed by atoms with E-state index in [4.69, 9.17) is 0 Å². The predicted octanol–water partition coefficient (Wildman–Crippen LogP) is 2.19. The van der Waals surface area contributed by atoms with Gasteiger partial charge in [-0.1, -0.05) is 0 Å². The molecule has 9 heavy (non-hydrogen) atoms. The van der Waals surface area contributed by atoms with Gasteiger partial charge in [0, 0.05) is 0 Å². The first-order chi connectivity index (χ1) is 4.20. The summed E-state index contributed by atoms with van der Waals surface area (Å²) < 4.78 is 27.7. The zero-order chi connectivity index (χ0) is 7.28. The van der Waals surface area contributed by atoms with Crippen LogP contribution >= 0.6 is 0 Å². The molecule has 3 heteroatoms. The molecule has 1 atom stereocenters. The van der Waals surface area contributed by atoms with Gasteiger partial charge in [-0.15, -0.1) is 0 Å². The van der Waals surface area contributed by atoms with Crippen molar-refractivity contribution >= 4 is 0 Å². The first kappa shape index (κ1) is 8.40. The molecule has 0 saturated heterocycles. The number of ether oxygens (including phenoxy) is 1. The van der Waals surface area contributed by atoms with Crippen molar-refractivity contribution < 1.29 is 13.5 Å². The van der Waals surface area contributed by atoms with Crippen molar-refractivity contribution in [2.24, 2.45) is 0 Å². The monoisotopic (exact) mass is 136 g/mol. The van der Waals surface area contributed by atoms with Crippen LogP contribution in [0.2, 0.25) is 0 Å². The number of halogens is 2. The average molecular weight is 136 g/mol. The van der Waals surface area contributed by atoms with E-state index in [0.717, 1.165) is 0 Å². The Morgan fingerprint density at radius 1 is 1.78 bits per heavy atom. The molecule has 1 nitrogen and oxygen atoms in total. The summed E-state index contributed by atoms with van der Waals surface area (Å²) in [5.74, 6) is 0.403. The van der Waals surface area contributed by atoms with Crippen LogP contribution in [0.15, 0.2) is 11.8 Å². The predicted molar refractivity (Wildman–Crippen MR) is 31.4 cm³/mol. The lowest BCUT2D eigenvalue weighted by Gasteiger charge is -2.06. The van der Waals surface area contributed by atoms with Crippen molar-refractivity contribution in [1.82, 2.24) is 0 Å². The van der Waals surface area contributed by atoms with E-state index in [1.165, 1.54) is 0 Å². The highest BCUT2D eigenvalue weighted by Gasteiger charge is 2.03. The molecule has 0 aliphatic carbocycles. The van der Waals surface area contributed by atoms with Crippen molar-refractivity contribution in [2.75, 3.05) is 6.67 Å². The highest BCUT2D eigenvalue weighted by molar-refractivity contribution is 4.84. The second-order valence-electron chi connectivity index (χ2n) is 1.58. The van der Waals surface area contributed by atoms with Gasteiger partial charge < -0.3 is 4.74 Å².